The van der Waals surface area contributed by atoms with Gasteiger partial charge in [0.15, 0.2) is 6.10 Å². The fraction of sp³-hybridized carbons (Fsp3) is 0.750. The summed E-state index contributed by atoms with van der Waals surface area (Å²) < 4.78 is 0. The summed E-state index contributed by atoms with van der Waals surface area (Å²) in [6, 6.07) is 0. The van der Waals surface area contributed by atoms with Gasteiger partial charge >= 0.3 is 5.97 Å². The van der Waals surface area contributed by atoms with Crippen LogP contribution in [0.3, 0.4) is 0 Å². The molecule has 2 atom stereocenters. The monoisotopic (exact) mass is 120 g/mol. The van der Waals surface area contributed by atoms with Crippen molar-refractivity contribution in [2.45, 2.75) is 19.1 Å². The number of carboxylic acid groups (broad SMARTS) is 1. The lowest BCUT2D eigenvalue weighted by Gasteiger charge is -2.05. The third-order valence-corrected chi connectivity index (χ3v) is 0.710. The Bertz CT molecular complexity index is 88.0. The van der Waals surface area contributed by atoms with E-state index in [1.54, 1.807) is 0 Å². The molecule has 0 rings (SSSR count). The molecule has 0 radical (unpaired) electrons. The molecule has 0 amide bonds. The first-order valence-electron chi connectivity index (χ1n) is 2.14. The quantitative estimate of drug-likeness (QED) is 0.428. The van der Waals surface area contributed by atoms with Crippen molar-refractivity contribution < 1.29 is 20.1 Å². The lowest BCUT2D eigenvalue weighted by atomic mass is 10.2. The Kier molecular flexibility index (Phi) is 2.44. The van der Waals surface area contributed by atoms with E-state index in [0.29, 0.717) is 0 Å². The highest BCUT2D eigenvalue weighted by atomic mass is 16.4. The van der Waals surface area contributed by atoms with Crippen molar-refractivity contribution in [3.05, 3.63) is 0 Å². The van der Waals surface area contributed by atoms with Crippen LogP contribution < -0.4 is 0 Å². The molecular formula is C4H8O4. The molecule has 0 aliphatic rings. The molecule has 48 valence electrons. The predicted octanol–water partition coefficient (Wildman–Crippen LogP) is -1.19. The van der Waals surface area contributed by atoms with Crippen LogP contribution in [0.1, 0.15) is 6.92 Å². The second kappa shape index (κ2) is 2.64. The summed E-state index contributed by atoms with van der Waals surface area (Å²) in [5.41, 5.74) is 0. The maximum Gasteiger partial charge on any atom is 0.335 e. The third-order valence-electron chi connectivity index (χ3n) is 0.710. The first-order chi connectivity index (χ1) is 3.55. The van der Waals surface area contributed by atoms with E-state index in [4.69, 9.17) is 15.3 Å². The van der Waals surface area contributed by atoms with Crippen molar-refractivity contribution in [2.75, 3.05) is 0 Å². The van der Waals surface area contributed by atoms with Gasteiger partial charge in [0.05, 0.1) is 6.10 Å². The van der Waals surface area contributed by atoms with Crippen LogP contribution in [0.15, 0.2) is 0 Å². The number of rotatable bonds is 2. The van der Waals surface area contributed by atoms with Gasteiger partial charge in [0.2, 0.25) is 0 Å². The van der Waals surface area contributed by atoms with Gasteiger partial charge in [-0.1, -0.05) is 0 Å². The van der Waals surface area contributed by atoms with Crippen LogP contribution >= 0.6 is 0 Å². The molecule has 0 aliphatic carbocycles. The van der Waals surface area contributed by atoms with E-state index >= 15 is 0 Å². The third kappa shape index (κ3) is 1.90. The van der Waals surface area contributed by atoms with Crippen LogP contribution in [0.5, 0.6) is 0 Å². The topological polar surface area (TPSA) is 77.8 Å². The van der Waals surface area contributed by atoms with Gasteiger partial charge < -0.3 is 15.3 Å². The van der Waals surface area contributed by atoms with Gasteiger partial charge in [0.1, 0.15) is 0 Å². The molecule has 8 heavy (non-hydrogen) atoms. The van der Waals surface area contributed by atoms with E-state index in [2.05, 4.69) is 0 Å². The zero-order chi connectivity index (χ0) is 6.73. The Morgan fingerprint density at radius 3 is 1.88 bits per heavy atom. The minimum absolute atomic E-state index is 1.20. The Morgan fingerprint density at radius 2 is 1.88 bits per heavy atom. The van der Waals surface area contributed by atoms with Crippen LogP contribution in [0, 0.1) is 0 Å². The van der Waals surface area contributed by atoms with E-state index in [-0.39, 0.29) is 0 Å². The number of carboxylic acids is 1. The zero-order valence-corrected chi connectivity index (χ0v) is 4.40. The minimum atomic E-state index is -1.66. The molecule has 0 saturated carbocycles. The average molecular weight is 120 g/mol. The Hall–Kier alpha value is -0.610. The van der Waals surface area contributed by atoms with Crippen LogP contribution in [0.25, 0.3) is 0 Å². The van der Waals surface area contributed by atoms with Gasteiger partial charge in [0, 0.05) is 0 Å². The summed E-state index contributed by atoms with van der Waals surface area (Å²) >= 11 is 0. The van der Waals surface area contributed by atoms with E-state index < -0.39 is 18.2 Å². The molecule has 0 aromatic carbocycles. The van der Waals surface area contributed by atoms with Gasteiger partial charge in [-0.3, -0.25) is 0 Å². The van der Waals surface area contributed by atoms with Gasteiger partial charge in [-0.15, -0.1) is 0 Å². The Labute approximate surface area is 46.4 Å². The van der Waals surface area contributed by atoms with Crippen molar-refractivity contribution in [2.24, 2.45) is 0 Å². The fourth-order valence-electron chi connectivity index (χ4n) is 0.206. The molecular weight excluding hydrogens is 112 g/mol. The summed E-state index contributed by atoms with van der Waals surface area (Å²) in [6.07, 6.45) is -2.86. The standard InChI is InChI=1S/C4H8O4/c1-2(5)3(6)4(7)8/h2-3,5-6H,1H3,(H,7,8)/t2-,3+/m0/s1. The molecule has 0 saturated heterocycles. The van der Waals surface area contributed by atoms with Crippen LogP contribution in [0.4, 0.5) is 0 Å². The first kappa shape index (κ1) is 7.39. The van der Waals surface area contributed by atoms with Gasteiger partial charge in [-0.25, -0.2) is 4.79 Å². The maximum absolute atomic E-state index is 9.73. The number of carbonyl (C=O) groups is 1. The average Bonchev–Trinajstić information content (AvgIpc) is 1.64. The summed E-state index contributed by atoms with van der Waals surface area (Å²) in [5, 5.41) is 24.7. The Morgan fingerprint density at radius 1 is 1.50 bits per heavy atom. The Balaban J connectivity index is 3.64. The number of hydrogen-bond acceptors (Lipinski definition) is 3. The number of aliphatic hydroxyl groups excluding tert-OH is 2. The van der Waals surface area contributed by atoms with Crippen LogP contribution in [-0.4, -0.2) is 33.5 Å². The van der Waals surface area contributed by atoms with Crippen molar-refractivity contribution in [3.8, 4) is 0 Å². The van der Waals surface area contributed by atoms with E-state index in [1.807, 2.05) is 0 Å². The van der Waals surface area contributed by atoms with E-state index in [9.17, 15) is 4.79 Å². The van der Waals surface area contributed by atoms with Crippen molar-refractivity contribution in [3.63, 3.8) is 0 Å². The highest BCUT2D eigenvalue weighted by molar-refractivity contribution is 5.72. The molecule has 0 aliphatic heterocycles. The van der Waals surface area contributed by atoms with E-state index in [1.165, 1.54) is 6.92 Å². The van der Waals surface area contributed by atoms with Crippen LogP contribution in [0.2, 0.25) is 0 Å². The summed E-state index contributed by atoms with van der Waals surface area (Å²) in [5.74, 6) is -1.40. The van der Waals surface area contributed by atoms with Gasteiger partial charge in [-0.2, -0.15) is 0 Å². The van der Waals surface area contributed by atoms with Crippen molar-refractivity contribution in [1.29, 1.82) is 0 Å². The lowest BCUT2D eigenvalue weighted by molar-refractivity contribution is -0.151. The molecule has 4 nitrogen and oxygen atoms in total. The lowest BCUT2D eigenvalue weighted by Crippen LogP contribution is -2.30. The van der Waals surface area contributed by atoms with E-state index in [0.717, 1.165) is 0 Å². The molecule has 0 unspecified atom stereocenters. The molecule has 4 heteroatoms. The maximum atomic E-state index is 9.73. The highest BCUT2D eigenvalue weighted by Crippen LogP contribution is 1.89. The number of aliphatic hydroxyl groups is 2. The molecule has 3 N–H and O–H groups in total. The fourth-order valence-corrected chi connectivity index (χ4v) is 0.206. The normalized spacial score (nSPS) is 17.4. The molecule has 0 heterocycles. The minimum Gasteiger partial charge on any atom is -0.479 e. The second-order valence-corrected chi connectivity index (χ2v) is 1.52. The zero-order valence-electron chi connectivity index (χ0n) is 4.40. The largest absolute Gasteiger partial charge is 0.479 e. The van der Waals surface area contributed by atoms with Gasteiger partial charge in [0.25, 0.3) is 0 Å². The highest BCUT2D eigenvalue weighted by Gasteiger charge is 2.18. The SMILES string of the molecule is C[C@H](O)[C@@H](O)C(=O)O. The molecule has 0 aromatic rings. The van der Waals surface area contributed by atoms with Crippen LogP contribution in [-0.2, 0) is 4.79 Å². The van der Waals surface area contributed by atoms with Gasteiger partial charge in [-0.05, 0) is 6.92 Å². The summed E-state index contributed by atoms with van der Waals surface area (Å²) in [7, 11) is 0. The van der Waals surface area contributed by atoms with Crippen molar-refractivity contribution >= 4 is 5.97 Å². The number of hydrogen-bond donors (Lipinski definition) is 3. The summed E-state index contributed by atoms with van der Waals surface area (Å²) in [4.78, 5) is 9.73. The first-order valence-corrected chi connectivity index (χ1v) is 2.14. The molecule has 0 aromatic heterocycles. The predicted molar refractivity (Wildman–Crippen MR) is 25.3 cm³/mol. The molecule has 0 spiro atoms. The second-order valence-electron chi connectivity index (χ2n) is 1.52. The smallest absolute Gasteiger partial charge is 0.335 e. The molecule has 0 bridgehead atoms. The molecule has 0 fully saturated rings. The van der Waals surface area contributed by atoms with Crippen molar-refractivity contribution in [1.82, 2.24) is 0 Å². The summed E-state index contributed by atoms with van der Waals surface area (Å²) in [6.45, 7) is 1.21. The number of aliphatic carboxylic acids is 1.